The number of hydrogen-bond donors (Lipinski definition) is 0. The molecule has 4 nitrogen and oxygen atoms in total. The first-order valence-electron chi connectivity index (χ1n) is 7.76. The molecule has 0 N–H and O–H groups in total. The number of carbonyl (C=O) groups excluding carboxylic acids is 1. The Morgan fingerprint density at radius 2 is 1.84 bits per heavy atom. The van der Waals surface area contributed by atoms with E-state index in [1.54, 1.807) is 6.08 Å². The molecule has 25 heavy (non-hydrogen) atoms. The average Bonchev–Trinajstić information content (AvgIpc) is 3.34. The zero-order valence-electron chi connectivity index (χ0n) is 12.9. The number of thiophene rings is 1. The molecule has 1 aliphatic rings. The molecule has 3 heterocycles. The highest BCUT2D eigenvalue weighted by atomic mass is 32.1. The van der Waals surface area contributed by atoms with Crippen LogP contribution in [-0.4, -0.2) is 11.9 Å². The third kappa shape index (κ3) is 2.37. The van der Waals surface area contributed by atoms with Crippen LogP contribution in [0.3, 0.4) is 0 Å². The minimum Gasteiger partial charge on any atom is -0.456 e. The lowest BCUT2D eigenvalue weighted by Crippen LogP contribution is -2.03. The van der Waals surface area contributed by atoms with Gasteiger partial charge in [-0.1, -0.05) is 30.3 Å². The summed E-state index contributed by atoms with van der Waals surface area (Å²) in [5, 5.41) is 3.99. The monoisotopic (exact) mass is 345 g/mol. The van der Waals surface area contributed by atoms with Crippen molar-refractivity contribution in [3.8, 4) is 0 Å². The predicted molar refractivity (Wildman–Crippen MR) is 98.6 cm³/mol. The summed E-state index contributed by atoms with van der Waals surface area (Å²) in [6.07, 6.45) is 1.74. The van der Waals surface area contributed by atoms with E-state index < -0.39 is 5.97 Å². The van der Waals surface area contributed by atoms with Gasteiger partial charge in [-0.25, -0.2) is 9.79 Å². The normalized spacial score (nSPS) is 15.9. The van der Waals surface area contributed by atoms with Crippen LogP contribution in [0.25, 0.3) is 28.0 Å². The molecule has 5 heteroatoms. The summed E-state index contributed by atoms with van der Waals surface area (Å²) in [6, 6.07) is 17.5. The molecule has 2 aromatic carbocycles. The van der Waals surface area contributed by atoms with Crippen LogP contribution < -0.4 is 0 Å². The summed E-state index contributed by atoms with van der Waals surface area (Å²) < 4.78 is 11.1. The van der Waals surface area contributed by atoms with Gasteiger partial charge in [0.05, 0.1) is 4.88 Å². The van der Waals surface area contributed by atoms with E-state index >= 15 is 0 Å². The van der Waals surface area contributed by atoms with Crippen LogP contribution in [0.5, 0.6) is 0 Å². The number of ether oxygens (including phenoxy) is 1. The second-order valence-electron chi connectivity index (χ2n) is 5.67. The van der Waals surface area contributed by atoms with Crippen LogP contribution in [0, 0.1) is 0 Å². The highest BCUT2D eigenvalue weighted by Crippen LogP contribution is 2.30. The summed E-state index contributed by atoms with van der Waals surface area (Å²) in [5.74, 6) is -0.0679. The van der Waals surface area contributed by atoms with E-state index in [9.17, 15) is 4.79 Å². The van der Waals surface area contributed by atoms with Gasteiger partial charge in [0.15, 0.2) is 5.70 Å². The minimum atomic E-state index is -0.430. The first-order valence-corrected chi connectivity index (χ1v) is 8.64. The van der Waals surface area contributed by atoms with Crippen LogP contribution >= 0.6 is 11.3 Å². The molecular weight excluding hydrogens is 334 g/mol. The number of fused-ring (bicyclic) bond motifs is 3. The molecule has 0 unspecified atom stereocenters. The fourth-order valence-corrected chi connectivity index (χ4v) is 3.56. The molecule has 0 amide bonds. The molecule has 0 bridgehead atoms. The van der Waals surface area contributed by atoms with E-state index in [1.165, 1.54) is 11.3 Å². The van der Waals surface area contributed by atoms with Gasteiger partial charge < -0.3 is 9.15 Å². The number of hydrogen-bond acceptors (Lipinski definition) is 5. The summed E-state index contributed by atoms with van der Waals surface area (Å²) in [4.78, 5) is 17.3. The molecule has 0 aliphatic carbocycles. The molecule has 0 spiro atoms. The molecule has 0 radical (unpaired) electrons. The van der Waals surface area contributed by atoms with Crippen molar-refractivity contribution in [2.75, 3.05) is 0 Å². The number of nitrogens with zero attached hydrogens (tertiary/aromatic N) is 1. The second-order valence-corrected chi connectivity index (χ2v) is 6.61. The first kappa shape index (κ1) is 14.2. The molecule has 5 rings (SSSR count). The van der Waals surface area contributed by atoms with Crippen molar-refractivity contribution in [2.45, 2.75) is 0 Å². The maximum absolute atomic E-state index is 12.1. The van der Waals surface area contributed by atoms with Gasteiger partial charge in [0.25, 0.3) is 0 Å². The highest BCUT2D eigenvalue weighted by molar-refractivity contribution is 7.12. The summed E-state index contributed by atoms with van der Waals surface area (Å²) in [7, 11) is 0. The second kappa shape index (κ2) is 5.43. The molecule has 0 saturated heterocycles. The standard InChI is InChI=1S/C20H11NO3S/c22-20-15(21-19(24-20)18-6-3-9-25-18)11-12-7-8-17-14(10-12)13-4-1-2-5-16(13)23-17/h1-11H/b15-11+. The maximum atomic E-state index is 12.1. The first-order chi connectivity index (χ1) is 12.3. The molecular formula is C20H11NO3S. The summed E-state index contributed by atoms with van der Waals surface area (Å²) in [6.45, 7) is 0. The Bertz CT molecular complexity index is 1180. The van der Waals surface area contributed by atoms with Crippen LogP contribution in [0.1, 0.15) is 10.4 Å². The number of para-hydroxylation sites is 1. The van der Waals surface area contributed by atoms with Crippen molar-refractivity contribution in [3.63, 3.8) is 0 Å². The quantitative estimate of drug-likeness (QED) is 0.380. The Morgan fingerprint density at radius 3 is 2.72 bits per heavy atom. The number of esters is 1. The Kier molecular flexibility index (Phi) is 3.08. The van der Waals surface area contributed by atoms with Gasteiger partial charge in [0.2, 0.25) is 5.90 Å². The zero-order chi connectivity index (χ0) is 16.8. The topological polar surface area (TPSA) is 51.8 Å². The number of furan rings is 1. The number of aliphatic imine (C=N–C) groups is 1. The van der Waals surface area contributed by atoms with E-state index in [-0.39, 0.29) is 0 Å². The molecule has 4 aromatic rings. The predicted octanol–water partition coefficient (Wildman–Crippen LogP) is 4.99. The Morgan fingerprint density at radius 1 is 0.960 bits per heavy atom. The number of carbonyl (C=O) groups is 1. The van der Waals surface area contributed by atoms with E-state index in [0.29, 0.717) is 11.6 Å². The van der Waals surface area contributed by atoms with E-state index in [0.717, 1.165) is 32.4 Å². The molecule has 0 saturated carbocycles. The molecule has 2 aromatic heterocycles. The molecule has 0 atom stereocenters. The Hall–Kier alpha value is -3.18. The fraction of sp³-hybridized carbons (Fsp3) is 0. The van der Waals surface area contributed by atoms with Gasteiger partial charge in [-0.05, 0) is 41.3 Å². The van der Waals surface area contributed by atoms with Crippen molar-refractivity contribution in [3.05, 3.63) is 76.1 Å². The van der Waals surface area contributed by atoms with Gasteiger partial charge in [0, 0.05) is 10.8 Å². The lowest BCUT2D eigenvalue weighted by Gasteiger charge is -1.95. The Balaban J connectivity index is 1.60. The van der Waals surface area contributed by atoms with Crippen molar-refractivity contribution < 1.29 is 13.9 Å². The highest BCUT2D eigenvalue weighted by Gasteiger charge is 2.24. The van der Waals surface area contributed by atoms with E-state index in [1.807, 2.05) is 60.0 Å². The van der Waals surface area contributed by atoms with Crippen molar-refractivity contribution >= 4 is 51.2 Å². The van der Waals surface area contributed by atoms with Gasteiger partial charge in [-0.15, -0.1) is 11.3 Å². The lowest BCUT2D eigenvalue weighted by molar-refractivity contribution is -0.129. The third-order valence-electron chi connectivity index (χ3n) is 4.06. The fourth-order valence-electron chi connectivity index (χ4n) is 2.91. The van der Waals surface area contributed by atoms with Crippen LogP contribution in [-0.2, 0) is 9.53 Å². The van der Waals surface area contributed by atoms with Crippen molar-refractivity contribution in [2.24, 2.45) is 4.99 Å². The van der Waals surface area contributed by atoms with E-state index in [2.05, 4.69) is 4.99 Å². The van der Waals surface area contributed by atoms with Crippen LogP contribution in [0.15, 0.2) is 75.1 Å². The minimum absolute atomic E-state index is 0.301. The van der Waals surface area contributed by atoms with Gasteiger partial charge in [-0.2, -0.15) is 0 Å². The van der Waals surface area contributed by atoms with E-state index in [4.69, 9.17) is 9.15 Å². The molecule has 0 fully saturated rings. The van der Waals surface area contributed by atoms with Gasteiger partial charge >= 0.3 is 5.97 Å². The Labute approximate surface area is 146 Å². The van der Waals surface area contributed by atoms with Crippen LogP contribution in [0.4, 0.5) is 0 Å². The summed E-state index contributed by atoms with van der Waals surface area (Å²) in [5.41, 5.74) is 2.85. The molecule has 1 aliphatic heterocycles. The third-order valence-corrected chi connectivity index (χ3v) is 4.91. The summed E-state index contributed by atoms with van der Waals surface area (Å²) >= 11 is 1.49. The zero-order valence-corrected chi connectivity index (χ0v) is 13.7. The molecule has 120 valence electrons. The van der Waals surface area contributed by atoms with Crippen molar-refractivity contribution in [1.82, 2.24) is 0 Å². The number of cyclic esters (lactones) is 1. The van der Waals surface area contributed by atoms with Gasteiger partial charge in [-0.3, -0.25) is 0 Å². The lowest BCUT2D eigenvalue weighted by atomic mass is 10.1. The average molecular weight is 345 g/mol. The number of rotatable bonds is 2. The largest absolute Gasteiger partial charge is 0.456 e. The van der Waals surface area contributed by atoms with Crippen LogP contribution in [0.2, 0.25) is 0 Å². The smallest absolute Gasteiger partial charge is 0.363 e. The van der Waals surface area contributed by atoms with Gasteiger partial charge in [0.1, 0.15) is 11.2 Å². The van der Waals surface area contributed by atoms with Crippen molar-refractivity contribution in [1.29, 1.82) is 0 Å². The maximum Gasteiger partial charge on any atom is 0.363 e. The SMILES string of the molecule is O=C1OC(c2cccs2)=N/C1=C/c1ccc2oc3ccccc3c2c1. The number of benzene rings is 2.